The van der Waals surface area contributed by atoms with Gasteiger partial charge in [0.1, 0.15) is 0 Å². The van der Waals surface area contributed by atoms with Crippen molar-refractivity contribution in [1.82, 2.24) is 9.03 Å². The molecule has 0 bridgehead atoms. The van der Waals surface area contributed by atoms with Crippen LogP contribution in [0.2, 0.25) is 0 Å². The molecule has 1 N–H and O–H groups in total. The van der Waals surface area contributed by atoms with E-state index < -0.39 is 10.2 Å². The van der Waals surface area contributed by atoms with Crippen LogP contribution in [0, 0.1) is 0 Å². The van der Waals surface area contributed by atoms with E-state index in [4.69, 9.17) is 0 Å². The van der Waals surface area contributed by atoms with Gasteiger partial charge in [0.25, 0.3) is 10.2 Å². The van der Waals surface area contributed by atoms with Crippen LogP contribution in [0.15, 0.2) is 24.3 Å². The molecular formula is C16H25N3O2S. The molecule has 2 aliphatic rings. The highest BCUT2D eigenvalue weighted by Gasteiger charge is 2.27. The van der Waals surface area contributed by atoms with Crippen LogP contribution in [0.4, 0.5) is 5.69 Å². The lowest BCUT2D eigenvalue weighted by Gasteiger charge is -2.30. The standard InChI is InChI=1S/C16H25N3O2S/c1-14(19-12-9-15-7-3-4-8-16(15)19)13-17-22(20,21)18-10-5-2-6-11-18/h3-4,7-8,14,17H,2,5-6,9-13H2,1H3/t14-/m0/s1. The number of nitrogens with one attached hydrogen (secondary N) is 1. The highest BCUT2D eigenvalue weighted by atomic mass is 32.2. The lowest BCUT2D eigenvalue weighted by Crippen LogP contribution is -2.48. The van der Waals surface area contributed by atoms with E-state index >= 15 is 0 Å². The summed E-state index contributed by atoms with van der Waals surface area (Å²) in [6, 6.07) is 8.54. The predicted molar refractivity (Wildman–Crippen MR) is 89.3 cm³/mol. The van der Waals surface area contributed by atoms with Gasteiger partial charge < -0.3 is 4.90 Å². The number of anilines is 1. The zero-order valence-electron chi connectivity index (χ0n) is 13.2. The molecule has 1 fully saturated rings. The first-order valence-electron chi connectivity index (χ1n) is 8.17. The maximum atomic E-state index is 12.3. The molecule has 5 nitrogen and oxygen atoms in total. The maximum absolute atomic E-state index is 12.3. The molecule has 1 atom stereocenters. The topological polar surface area (TPSA) is 52.7 Å². The van der Waals surface area contributed by atoms with E-state index in [0.29, 0.717) is 19.6 Å². The minimum Gasteiger partial charge on any atom is -0.367 e. The van der Waals surface area contributed by atoms with Gasteiger partial charge in [-0.2, -0.15) is 12.7 Å². The van der Waals surface area contributed by atoms with E-state index in [1.807, 2.05) is 6.07 Å². The summed E-state index contributed by atoms with van der Waals surface area (Å²) in [5.74, 6) is 0. The van der Waals surface area contributed by atoms with Gasteiger partial charge in [0.15, 0.2) is 0 Å². The largest absolute Gasteiger partial charge is 0.367 e. The molecule has 0 aliphatic carbocycles. The molecule has 0 radical (unpaired) electrons. The summed E-state index contributed by atoms with van der Waals surface area (Å²) in [6.07, 6.45) is 4.11. The zero-order valence-corrected chi connectivity index (χ0v) is 14.0. The smallest absolute Gasteiger partial charge is 0.279 e. The summed E-state index contributed by atoms with van der Waals surface area (Å²) in [6.45, 7) is 4.80. The third-order valence-corrected chi connectivity index (χ3v) is 6.25. The second-order valence-corrected chi connectivity index (χ2v) is 7.99. The van der Waals surface area contributed by atoms with Gasteiger partial charge >= 0.3 is 0 Å². The van der Waals surface area contributed by atoms with Gasteiger partial charge in [-0.25, -0.2) is 4.72 Å². The average Bonchev–Trinajstić information content (AvgIpc) is 2.98. The van der Waals surface area contributed by atoms with E-state index in [1.54, 1.807) is 4.31 Å². The van der Waals surface area contributed by atoms with Crippen LogP contribution in [0.5, 0.6) is 0 Å². The number of nitrogens with zero attached hydrogens (tertiary/aromatic N) is 2. The lowest BCUT2D eigenvalue weighted by molar-refractivity contribution is 0.341. The van der Waals surface area contributed by atoms with Gasteiger partial charge in [0, 0.05) is 37.9 Å². The van der Waals surface area contributed by atoms with E-state index in [1.165, 1.54) is 11.3 Å². The number of hydrogen-bond acceptors (Lipinski definition) is 3. The summed E-state index contributed by atoms with van der Waals surface area (Å²) in [5, 5.41) is 0. The fraction of sp³-hybridized carbons (Fsp3) is 0.625. The summed E-state index contributed by atoms with van der Waals surface area (Å²) < 4.78 is 29.1. The third-order valence-electron chi connectivity index (χ3n) is 4.67. The molecule has 0 aromatic heterocycles. The first kappa shape index (κ1) is 15.8. The molecule has 1 saturated heterocycles. The van der Waals surface area contributed by atoms with Crippen molar-refractivity contribution in [2.75, 3.05) is 31.1 Å². The van der Waals surface area contributed by atoms with Crippen molar-refractivity contribution in [1.29, 1.82) is 0 Å². The average molecular weight is 323 g/mol. The molecule has 0 amide bonds. The molecule has 0 saturated carbocycles. The van der Waals surface area contributed by atoms with Crippen LogP contribution in [-0.2, 0) is 16.6 Å². The van der Waals surface area contributed by atoms with Crippen molar-refractivity contribution < 1.29 is 8.42 Å². The molecule has 1 aromatic carbocycles. The Hall–Kier alpha value is -1.11. The van der Waals surface area contributed by atoms with Crippen LogP contribution in [0.25, 0.3) is 0 Å². The second kappa shape index (κ2) is 6.56. The number of piperidine rings is 1. The number of hydrogen-bond donors (Lipinski definition) is 1. The zero-order chi connectivity index (χ0) is 15.6. The molecule has 2 heterocycles. The monoisotopic (exact) mass is 323 g/mol. The lowest BCUT2D eigenvalue weighted by atomic mass is 10.2. The summed E-state index contributed by atoms with van der Waals surface area (Å²) in [7, 11) is -3.33. The van der Waals surface area contributed by atoms with Crippen LogP contribution >= 0.6 is 0 Å². The molecule has 22 heavy (non-hydrogen) atoms. The maximum Gasteiger partial charge on any atom is 0.279 e. The third kappa shape index (κ3) is 3.29. The summed E-state index contributed by atoms with van der Waals surface area (Å²) in [4.78, 5) is 2.30. The van der Waals surface area contributed by atoms with Crippen molar-refractivity contribution in [3.63, 3.8) is 0 Å². The molecule has 3 rings (SSSR count). The van der Waals surface area contributed by atoms with Crippen LogP contribution in [-0.4, -0.2) is 44.9 Å². The highest BCUT2D eigenvalue weighted by molar-refractivity contribution is 7.87. The van der Waals surface area contributed by atoms with Gasteiger partial charge in [-0.3, -0.25) is 0 Å². The Morgan fingerprint density at radius 1 is 1.14 bits per heavy atom. The van der Waals surface area contributed by atoms with E-state index in [0.717, 1.165) is 32.2 Å². The second-order valence-electron chi connectivity index (χ2n) is 6.23. The highest BCUT2D eigenvalue weighted by Crippen LogP contribution is 2.29. The Morgan fingerprint density at radius 2 is 1.86 bits per heavy atom. The van der Waals surface area contributed by atoms with Crippen molar-refractivity contribution in [2.45, 2.75) is 38.6 Å². The normalized spacial score (nSPS) is 20.9. The molecule has 6 heteroatoms. The summed E-state index contributed by atoms with van der Waals surface area (Å²) >= 11 is 0. The fourth-order valence-electron chi connectivity index (χ4n) is 3.35. The van der Waals surface area contributed by atoms with Gasteiger partial charge in [-0.05, 0) is 37.8 Å². The molecule has 1 aromatic rings. The van der Waals surface area contributed by atoms with E-state index in [9.17, 15) is 8.42 Å². The van der Waals surface area contributed by atoms with Gasteiger partial charge in [0.05, 0.1) is 0 Å². The van der Waals surface area contributed by atoms with Gasteiger partial charge in [0.2, 0.25) is 0 Å². The number of benzene rings is 1. The quantitative estimate of drug-likeness (QED) is 0.898. The van der Waals surface area contributed by atoms with Crippen molar-refractivity contribution in [3.8, 4) is 0 Å². The van der Waals surface area contributed by atoms with Gasteiger partial charge in [-0.1, -0.05) is 24.6 Å². The van der Waals surface area contributed by atoms with Gasteiger partial charge in [-0.15, -0.1) is 0 Å². The Bertz CT molecular complexity index is 612. The Balaban J connectivity index is 1.60. The van der Waals surface area contributed by atoms with Crippen molar-refractivity contribution in [3.05, 3.63) is 29.8 Å². The Morgan fingerprint density at radius 3 is 2.64 bits per heavy atom. The van der Waals surface area contributed by atoms with E-state index in [2.05, 4.69) is 34.7 Å². The first-order chi connectivity index (χ1) is 10.6. The minimum atomic E-state index is -3.33. The number of fused-ring (bicyclic) bond motifs is 1. The van der Waals surface area contributed by atoms with Crippen molar-refractivity contribution >= 4 is 15.9 Å². The molecule has 2 aliphatic heterocycles. The van der Waals surface area contributed by atoms with Crippen molar-refractivity contribution in [2.24, 2.45) is 0 Å². The fourth-order valence-corrected chi connectivity index (χ4v) is 4.73. The first-order valence-corrected chi connectivity index (χ1v) is 9.61. The molecule has 122 valence electrons. The molecular weight excluding hydrogens is 298 g/mol. The van der Waals surface area contributed by atoms with Crippen LogP contribution in [0.3, 0.4) is 0 Å². The van der Waals surface area contributed by atoms with Crippen LogP contribution < -0.4 is 9.62 Å². The Labute approximate surface area is 133 Å². The minimum absolute atomic E-state index is 0.156. The molecule has 0 unspecified atom stereocenters. The predicted octanol–water partition coefficient (Wildman–Crippen LogP) is 1.76. The number of para-hydroxylation sites is 1. The molecule has 0 spiro atoms. The summed E-state index contributed by atoms with van der Waals surface area (Å²) in [5.41, 5.74) is 2.60. The van der Waals surface area contributed by atoms with E-state index in [-0.39, 0.29) is 6.04 Å². The Kier molecular flexibility index (Phi) is 4.70. The van der Waals surface area contributed by atoms with Crippen LogP contribution in [0.1, 0.15) is 31.7 Å². The SMILES string of the molecule is C[C@@H](CNS(=O)(=O)N1CCCCC1)N1CCc2ccccc21. The number of rotatable bonds is 5.